The van der Waals surface area contributed by atoms with Gasteiger partial charge in [0.05, 0.1) is 6.61 Å². The Labute approximate surface area is 73.0 Å². The summed E-state index contributed by atoms with van der Waals surface area (Å²) in [5.41, 5.74) is 0. The molecule has 1 aliphatic rings. The third kappa shape index (κ3) is 2.66. The fourth-order valence-electron chi connectivity index (χ4n) is 1.24. The van der Waals surface area contributed by atoms with Gasteiger partial charge in [-0.3, -0.25) is 9.63 Å². The zero-order chi connectivity index (χ0) is 8.81. The first kappa shape index (κ1) is 9.26. The number of nitrogens with zero attached hydrogens (tertiary/aromatic N) is 1. The van der Waals surface area contributed by atoms with Crippen molar-refractivity contribution in [2.45, 2.75) is 25.7 Å². The van der Waals surface area contributed by atoms with Crippen molar-refractivity contribution in [2.24, 2.45) is 0 Å². The Hall–Kier alpha value is -0.830. The molecule has 0 aromatic rings. The first-order valence-corrected chi connectivity index (χ1v) is 4.39. The molecule has 0 saturated carbocycles. The Morgan fingerprint density at radius 2 is 2.33 bits per heavy atom. The van der Waals surface area contributed by atoms with Gasteiger partial charge < -0.3 is 0 Å². The lowest BCUT2D eigenvalue weighted by Crippen LogP contribution is -2.30. The van der Waals surface area contributed by atoms with Gasteiger partial charge >= 0.3 is 0 Å². The van der Waals surface area contributed by atoms with Crippen LogP contribution >= 0.6 is 0 Å². The average molecular weight is 169 g/mol. The fraction of sp³-hybridized carbons (Fsp3) is 0.667. The van der Waals surface area contributed by atoms with E-state index in [0.717, 1.165) is 25.8 Å². The number of amides is 1. The molecule has 0 bridgehead atoms. The van der Waals surface area contributed by atoms with Crippen LogP contribution in [0.1, 0.15) is 25.7 Å². The zero-order valence-electron chi connectivity index (χ0n) is 7.29. The molecule has 1 fully saturated rings. The Kier molecular flexibility index (Phi) is 3.80. The molecule has 0 spiro atoms. The summed E-state index contributed by atoms with van der Waals surface area (Å²) >= 11 is 0. The van der Waals surface area contributed by atoms with E-state index in [1.165, 1.54) is 5.06 Å². The average Bonchev–Trinajstić information content (AvgIpc) is 2.27. The largest absolute Gasteiger partial charge is 0.273 e. The van der Waals surface area contributed by atoms with Gasteiger partial charge in [-0.25, -0.2) is 5.06 Å². The second-order valence-electron chi connectivity index (χ2n) is 2.89. The number of rotatable bonds is 3. The van der Waals surface area contributed by atoms with Crippen LogP contribution in [0.5, 0.6) is 0 Å². The smallest absolute Gasteiger partial charge is 0.246 e. The molecule has 0 radical (unpaired) electrons. The van der Waals surface area contributed by atoms with Crippen molar-refractivity contribution in [1.82, 2.24) is 5.06 Å². The summed E-state index contributed by atoms with van der Waals surface area (Å²) in [5, 5.41) is 1.47. The van der Waals surface area contributed by atoms with Crippen LogP contribution in [0.3, 0.4) is 0 Å². The van der Waals surface area contributed by atoms with Crippen molar-refractivity contribution in [3.05, 3.63) is 12.7 Å². The van der Waals surface area contributed by atoms with E-state index in [2.05, 4.69) is 6.58 Å². The molecule has 0 aromatic carbocycles. The van der Waals surface area contributed by atoms with Crippen molar-refractivity contribution < 1.29 is 9.63 Å². The molecule has 12 heavy (non-hydrogen) atoms. The van der Waals surface area contributed by atoms with Crippen molar-refractivity contribution in [3.8, 4) is 0 Å². The topological polar surface area (TPSA) is 29.5 Å². The highest BCUT2D eigenvalue weighted by atomic mass is 16.7. The molecule has 0 aliphatic carbocycles. The zero-order valence-corrected chi connectivity index (χ0v) is 7.29. The summed E-state index contributed by atoms with van der Waals surface area (Å²) in [6, 6.07) is 0. The highest BCUT2D eigenvalue weighted by Crippen LogP contribution is 2.10. The molecule has 3 heteroatoms. The van der Waals surface area contributed by atoms with Crippen LogP contribution < -0.4 is 0 Å². The normalized spacial score (nSPS) is 19.0. The number of hydrogen-bond acceptors (Lipinski definition) is 2. The van der Waals surface area contributed by atoms with E-state index in [0.29, 0.717) is 13.0 Å². The SMILES string of the molecule is C=CCON1CCCCCC1=O. The molecular formula is C9H15NO2. The molecule has 1 heterocycles. The first-order chi connectivity index (χ1) is 5.84. The summed E-state index contributed by atoms with van der Waals surface area (Å²) in [6.07, 6.45) is 5.44. The van der Waals surface area contributed by atoms with Crippen LogP contribution in [0.15, 0.2) is 12.7 Å². The molecule has 68 valence electrons. The third-order valence-electron chi connectivity index (χ3n) is 1.88. The van der Waals surface area contributed by atoms with E-state index in [1.807, 2.05) is 0 Å². The molecule has 1 rings (SSSR count). The van der Waals surface area contributed by atoms with E-state index in [1.54, 1.807) is 6.08 Å². The van der Waals surface area contributed by atoms with Gasteiger partial charge in [-0.2, -0.15) is 0 Å². The van der Waals surface area contributed by atoms with Gasteiger partial charge in [-0.15, -0.1) is 6.58 Å². The predicted octanol–water partition coefficient (Wildman–Crippen LogP) is 1.51. The number of carbonyl (C=O) groups is 1. The van der Waals surface area contributed by atoms with Crippen LogP contribution in [-0.4, -0.2) is 24.1 Å². The molecule has 0 aromatic heterocycles. The van der Waals surface area contributed by atoms with Crippen molar-refractivity contribution in [2.75, 3.05) is 13.2 Å². The highest BCUT2D eigenvalue weighted by molar-refractivity contribution is 5.75. The third-order valence-corrected chi connectivity index (χ3v) is 1.88. The van der Waals surface area contributed by atoms with Gasteiger partial charge in [0.15, 0.2) is 0 Å². The van der Waals surface area contributed by atoms with Gasteiger partial charge in [-0.1, -0.05) is 12.5 Å². The summed E-state index contributed by atoms with van der Waals surface area (Å²) in [7, 11) is 0. The van der Waals surface area contributed by atoms with Crippen LogP contribution in [0.4, 0.5) is 0 Å². The lowest BCUT2D eigenvalue weighted by atomic mass is 10.2. The number of carbonyl (C=O) groups excluding carboxylic acids is 1. The summed E-state index contributed by atoms with van der Waals surface area (Å²) in [5.74, 6) is 0.106. The fourth-order valence-corrected chi connectivity index (χ4v) is 1.24. The molecule has 1 saturated heterocycles. The van der Waals surface area contributed by atoms with Crippen LogP contribution in [0.2, 0.25) is 0 Å². The Balaban J connectivity index is 2.36. The number of hydrogen-bond donors (Lipinski definition) is 0. The van der Waals surface area contributed by atoms with Gasteiger partial charge in [-0.05, 0) is 12.8 Å². The van der Waals surface area contributed by atoms with E-state index < -0.39 is 0 Å². The quantitative estimate of drug-likeness (QED) is 0.599. The second kappa shape index (κ2) is 4.93. The summed E-state index contributed by atoms with van der Waals surface area (Å²) in [6.45, 7) is 4.68. The second-order valence-corrected chi connectivity index (χ2v) is 2.89. The minimum atomic E-state index is 0.106. The highest BCUT2D eigenvalue weighted by Gasteiger charge is 2.16. The van der Waals surface area contributed by atoms with Gasteiger partial charge in [0, 0.05) is 13.0 Å². The standard InChI is InChI=1S/C9H15NO2/c1-2-8-12-10-7-5-3-4-6-9(10)11/h2H,1,3-8H2. The molecule has 0 atom stereocenters. The molecular weight excluding hydrogens is 154 g/mol. The Morgan fingerprint density at radius 3 is 3.08 bits per heavy atom. The number of hydroxylamine groups is 2. The maximum atomic E-state index is 11.3. The van der Waals surface area contributed by atoms with Crippen LogP contribution in [0, 0.1) is 0 Å². The molecule has 3 nitrogen and oxygen atoms in total. The maximum Gasteiger partial charge on any atom is 0.246 e. The van der Waals surface area contributed by atoms with E-state index in [-0.39, 0.29) is 5.91 Å². The molecule has 0 N–H and O–H groups in total. The van der Waals surface area contributed by atoms with Crippen molar-refractivity contribution in [1.29, 1.82) is 0 Å². The van der Waals surface area contributed by atoms with Crippen LogP contribution in [0.25, 0.3) is 0 Å². The minimum absolute atomic E-state index is 0.106. The van der Waals surface area contributed by atoms with Crippen molar-refractivity contribution >= 4 is 5.91 Å². The lowest BCUT2D eigenvalue weighted by Gasteiger charge is -2.18. The molecule has 1 aliphatic heterocycles. The monoisotopic (exact) mass is 169 g/mol. The van der Waals surface area contributed by atoms with Crippen molar-refractivity contribution in [3.63, 3.8) is 0 Å². The maximum absolute atomic E-state index is 11.3. The summed E-state index contributed by atoms with van der Waals surface area (Å²) < 4.78 is 0. The van der Waals surface area contributed by atoms with Crippen LogP contribution in [-0.2, 0) is 9.63 Å². The minimum Gasteiger partial charge on any atom is -0.273 e. The lowest BCUT2D eigenvalue weighted by molar-refractivity contribution is -0.180. The van der Waals surface area contributed by atoms with Gasteiger partial charge in [0.2, 0.25) is 5.91 Å². The van der Waals surface area contributed by atoms with Gasteiger partial charge in [0.25, 0.3) is 0 Å². The van der Waals surface area contributed by atoms with Gasteiger partial charge in [0.1, 0.15) is 0 Å². The first-order valence-electron chi connectivity index (χ1n) is 4.39. The molecule has 1 amide bonds. The predicted molar refractivity (Wildman–Crippen MR) is 46.3 cm³/mol. The molecule has 0 unspecified atom stereocenters. The Morgan fingerprint density at radius 1 is 1.50 bits per heavy atom. The summed E-state index contributed by atoms with van der Waals surface area (Å²) in [4.78, 5) is 16.5. The van der Waals surface area contributed by atoms with E-state index in [4.69, 9.17) is 4.84 Å². The van der Waals surface area contributed by atoms with E-state index >= 15 is 0 Å². The van der Waals surface area contributed by atoms with E-state index in [9.17, 15) is 4.79 Å². The Bertz CT molecular complexity index is 168.